The van der Waals surface area contributed by atoms with Gasteiger partial charge in [-0.3, -0.25) is 10.1 Å². The van der Waals surface area contributed by atoms with Gasteiger partial charge in [-0.15, -0.1) is 0 Å². The van der Waals surface area contributed by atoms with Gasteiger partial charge < -0.3 is 9.73 Å². The third-order valence-corrected chi connectivity index (χ3v) is 2.50. The summed E-state index contributed by atoms with van der Waals surface area (Å²) in [5.74, 6) is 0.0635. The topological polar surface area (TPSA) is 71.3 Å². The van der Waals surface area contributed by atoms with Crippen molar-refractivity contribution in [3.05, 3.63) is 36.1 Å². The molecule has 1 fully saturated rings. The van der Waals surface area contributed by atoms with Crippen molar-refractivity contribution in [1.82, 2.24) is 10.6 Å². The molecule has 1 aromatic carbocycles. The Morgan fingerprint density at radius 2 is 2.00 bits per heavy atom. The Morgan fingerprint density at radius 3 is 2.69 bits per heavy atom. The molecule has 0 saturated carbocycles. The number of urea groups is 1. The van der Waals surface area contributed by atoms with Crippen molar-refractivity contribution in [3.63, 3.8) is 0 Å². The highest BCUT2D eigenvalue weighted by Gasteiger charge is 2.33. The van der Waals surface area contributed by atoms with Gasteiger partial charge in [-0.2, -0.15) is 0 Å². The Balaban J connectivity index is 2.06. The molecule has 5 nitrogen and oxygen atoms in total. The van der Waals surface area contributed by atoms with Gasteiger partial charge in [0.1, 0.15) is 11.3 Å². The third kappa shape index (κ3) is 1.25. The molecule has 1 unspecified atom stereocenters. The second-order valence-corrected chi connectivity index (χ2v) is 3.58. The van der Waals surface area contributed by atoms with Gasteiger partial charge in [0.15, 0.2) is 6.04 Å². The van der Waals surface area contributed by atoms with Crippen LogP contribution in [0.5, 0.6) is 0 Å². The van der Waals surface area contributed by atoms with Crippen LogP contribution in [0.15, 0.2) is 34.7 Å². The molecule has 0 aliphatic carbocycles. The van der Waals surface area contributed by atoms with E-state index in [0.29, 0.717) is 11.3 Å². The lowest BCUT2D eigenvalue weighted by molar-refractivity contribution is -0.120. The zero-order valence-corrected chi connectivity index (χ0v) is 8.19. The van der Waals surface area contributed by atoms with Crippen molar-refractivity contribution in [2.24, 2.45) is 0 Å². The summed E-state index contributed by atoms with van der Waals surface area (Å²) in [5, 5.41) is 5.56. The summed E-state index contributed by atoms with van der Waals surface area (Å²) in [4.78, 5) is 22.4. The number of amides is 3. The Hall–Kier alpha value is -2.30. The van der Waals surface area contributed by atoms with Gasteiger partial charge in [0.25, 0.3) is 5.91 Å². The van der Waals surface area contributed by atoms with Gasteiger partial charge in [0, 0.05) is 5.39 Å². The van der Waals surface area contributed by atoms with Crippen molar-refractivity contribution in [2.45, 2.75) is 6.04 Å². The third-order valence-electron chi connectivity index (χ3n) is 2.50. The van der Waals surface area contributed by atoms with E-state index >= 15 is 0 Å². The number of fused-ring (bicyclic) bond motifs is 1. The molecule has 0 spiro atoms. The first-order chi connectivity index (χ1) is 7.74. The number of benzene rings is 1. The van der Waals surface area contributed by atoms with Crippen LogP contribution in [0.3, 0.4) is 0 Å². The summed E-state index contributed by atoms with van der Waals surface area (Å²) in [6.07, 6.45) is 0. The Bertz CT molecular complexity index is 555. The maximum Gasteiger partial charge on any atom is 0.322 e. The van der Waals surface area contributed by atoms with E-state index in [1.54, 1.807) is 6.07 Å². The predicted octanol–water partition coefficient (Wildman–Crippen LogP) is 1.31. The molecular weight excluding hydrogens is 208 g/mol. The largest absolute Gasteiger partial charge is 0.458 e. The van der Waals surface area contributed by atoms with Crippen molar-refractivity contribution in [3.8, 4) is 0 Å². The van der Waals surface area contributed by atoms with Crippen molar-refractivity contribution in [2.75, 3.05) is 0 Å². The zero-order chi connectivity index (χ0) is 11.1. The minimum absolute atomic E-state index is 0.385. The molecule has 0 radical (unpaired) electrons. The van der Waals surface area contributed by atoms with Gasteiger partial charge in [0.05, 0.1) is 0 Å². The highest BCUT2D eigenvalue weighted by Crippen LogP contribution is 2.25. The van der Waals surface area contributed by atoms with Crippen LogP contribution in [-0.4, -0.2) is 11.9 Å². The summed E-state index contributed by atoms with van der Waals surface area (Å²) < 4.78 is 5.50. The second kappa shape index (κ2) is 3.10. The number of hydrogen-bond acceptors (Lipinski definition) is 3. The van der Waals surface area contributed by atoms with Gasteiger partial charge in [-0.25, -0.2) is 4.79 Å². The molecule has 1 aliphatic heterocycles. The van der Waals surface area contributed by atoms with Crippen LogP contribution in [0.25, 0.3) is 11.0 Å². The van der Waals surface area contributed by atoms with Crippen LogP contribution in [0.4, 0.5) is 4.79 Å². The SMILES string of the molecule is O=C1NC(=O)C(c2cc3ccccc3o2)N1. The molecule has 1 atom stereocenters. The second-order valence-electron chi connectivity index (χ2n) is 3.58. The fourth-order valence-corrected chi connectivity index (χ4v) is 1.76. The zero-order valence-electron chi connectivity index (χ0n) is 8.19. The van der Waals surface area contributed by atoms with Gasteiger partial charge >= 0.3 is 6.03 Å². The van der Waals surface area contributed by atoms with Crippen LogP contribution < -0.4 is 10.6 Å². The molecule has 5 heteroatoms. The van der Waals surface area contributed by atoms with E-state index in [-0.39, 0.29) is 5.91 Å². The van der Waals surface area contributed by atoms with Gasteiger partial charge in [0.2, 0.25) is 0 Å². The lowest BCUT2D eigenvalue weighted by atomic mass is 10.2. The van der Waals surface area contributed by atoms with Gasteiger partial charge in [-0.05, 0) is 12.1 Å². The Kier molecular flexibility index (Phi) is 1.73. The smallest absolute Gasteiger partial charge is 0.322 e. The summed E-state index contributed by atoms with van der Waals surface area (Å²) in [6.45, 7) is 0. The summed E-state index contributed by atoms with van der Waals surface area (Å²) >= 11 is 0. The number of nitrogens with one attached hydrogen (secondary N) is 2. The molecule has 1 saturated heterocycles. The number of rotatable bonds is 1. The molecule has 2 aromatic rings. The Labute approximate surface area is 90.4 Å². The number of para-hydroxylation sites is 1. The first-order valence-electron chi connectivity index (χ1n) is 4.84. The van der Waals surface area contributed by atoms with Crippen molar-refractivity contribution >= 4 is 22.9 Å². The number of carbonyl (C=O) groups excluding carboxylic acids is 2. The van der Waals surface area contributed by atoms with Gasteiger partial charge in [-0.1, -0.05) is 18.2 Å². The first kappa shape index (κ1) is 8.96. The Morgan fingerprint density at radius 1 is 1.19 bits per heavy atom. The molecule has 0 bridgehead atoms. The highest BCUT2D eigenvalue weighted by atomic mass is 16.3. The van der Waals surface area contributed by atoms with E-state index in [2.05, 4.69) is 10.6 Å². The highest BCUT2D eigenvalue weighted by molar-refractivity contribution is 6.04. The molecule has 1 aliphatic rings. The molecule has 3 amide bonds. The fourth-order valence-electron chi connectivity index (χ4n) is 1.76. The maximum absolute atomic E-state index is 11.4. The molecule has 16 heavy (non-hydrogen) atoms. The lowest BCUT2D eigenvalue weighted by Crippen LogP contribution is -2.22. The van der Waals surface area contributed by atoms with Crippen molar-refractivity contribution in [1.29, 1.82) is 0 Å². The number of furan rings is 1. The quantitative estimate of drug-likeness (QED) is 0.706. The summed E-state index contributed by atoms with van der Waals surface area (Å²) in [6, 6.07) is 7.98. The van der Waals surface area contributed by atoms with E-state index in [1.807, 2.05) is 24.3 Å². The fraction of sp³-hybridized carbons (Fsp3) is 0.0909. The normalized spacial score (nSPS) is 19.9. The molecule has 1 aromatic heterocycles. The van der Waals surface area contributed by atoms with E-state index in [4.69, 9.17) is 4.42 Å². The average Bonchev–Trinajstić information content (AvgIpc) is 2.81. The first-order valence-corrected chi connectivity index (χ1v) is 4.84. The van der Waals surface area contributed by atoms with Crippen molar-refractivity contribution < 1.29 is 14.0 Å². The van der Waals surface area contributed by atoms with Crippen LogP contribution in [0, 0.1) is 0 Å². The van der Waals surface area contributed by atoms with Crippen LogP contribution in [0.1, 0.15) is 11.8 Å². The minimum Gasteiger partial charge on any atom is -0.458 e. The summed E-state index contributed by atoms with van der Waals surface area (Å²) in [7, 11) is 0. The minimum atomic E-state index is -0.722. The van der Waals surface area contributed by atoms with Crippen LogP contribution in [-0.2, 0) is 4.79 Å². The predicted molar refractivity (Wildman–Crippen MR) is 55.6 cm³/mol. The number of imide groups is 1. The number of hydrogen-bond donors (Lipinski definition) is 2. The summed E-state index contributed by atoms with van der Waals surface area (Å²) in [5.41, 5.74) is 0.700. The van der Waals surface area contributed by atoms with E-state index in [9.17, 15) is 9.59 Å². The monoisotopic (exact) mass is 216 g/mol. The van der Waals surface area contributed by atoms with Crippen LogP contribution in [0.2, 0.25) is 0 Å². The lowest BCUT2D eigenvalue weighted by Gasteiger charge is -2.00. The maximum atomic E-state index is 11.4. The standard InChI is InChI=1S/C11H8N2O3/c14-10-9(12-11(15)13-10)8-5-6-3-1-2-4-7(6)16-8/h1-5,9H,(H2,12,13,14,15). The molecule has 3 rings (SSSR count). The molecular formula is C11H8N2O3. The van der Waals surface area contributed by atoms with E-state index in [0.717, 1.165) is 5.39 Å². The van der Waals surface area contributed by atoms with Crippen LogP contribution >= 0.6 is 0 Å². The molecule has 2 heterocycles. The molecule has 2 N–H and O–H groups in total. The molecule has 80 valence electrons. The number of carbonyl (C=O) groups is 2. The average molecular weight is 216 g/mol. The van der Waals surface area contributed by atoms with E-state index < -0.39 is 12.1 Å². The van der Waals surface area contributed by atoms with E-state index in [1.165, 1.54) is 0 Å².